The third kappa shape index (κ3) is 9.71. The number of hydrogen-bond acceptors (Lipinski definition) is 10. The molecule has 4 amide bonds. The van der Waals surface area contributed by atoms with Gasteiger partial charge in [-0.15, -0.1) is 23.5 Å². The molecule has 1 aromatic rings. The lowest BCUT2D eigenvalue weighted by Gasteiger charge is -2.47. The Morgan fingerprint density at radius 2 is 1.43 bits per heavy atom. The number of methoxy groups -OCH3 is 2. The highest BCUT2D eigenvalue weighted by molar-refractivity contribution is 8.00. The Kier molecular flexibility index (Phi) is 14.6. The van der Waals surface area contributed by atoms with Crippen LogP contribution in [0.15, 0.2) is 30.3 Å². The minimum atomic E-state index is -0.790. The molecule has 4 fully saturated rings. The zero-order valence-corrected chi connectivity index (χ0v) is 33.1. The third-order valence-corrected chi connectivity index (χ3v) is 14.1. The molecule has 0 spiro atoms. The van der Waals surface area contributed by atoms with Crippen molar-refractivity contribution in [2.45, 2.75) is 132 Å². The van der Waals surface area contributed by atoms with Crippen molar-refractivity contribution in [2.24, 2.45) is 11.8 Å². The first-order valence-electron chi connectivity index (χ1n) is 19.2. The highest BCUT2D eigenvalue weighted by Gasteiger charge is 2.50. The van der Waals surface area contributed by atoms with Gasteiger partial charge in [0.25, 0.3) is 0 Å². The van der Waals surface area contributed by atoms with Crippen LogP contribution < -0.4 is 10.6 Å². The summed E-state index contributed by atoms with van der Waals surface area (Å²) in [6, 6.07) is 6.81. The van der Waals surface area contributed by atoms with Crippen molar-refractivity contribution in [3.63, 3.8) is 0 Å². The van der Waals surface area contributed by atoms with E-state index in [1.54, 1.807) is 33.3 Å². The van der Waals surface area contributed by atoms with E-state index in [4.69, 9.17) is 9.47 Å². The Balaban J connectivity index is 1.30. The number of esters is 2. The summed E-state index contributed by atoms with van der Waals surface area (Å²) in [6.07, 6.45) is 7.70. The molecule has 0 saturated carbocycles. The van der Waals surface area contributed by atoms with Gasteiger partial charge in [0, 0.05) is 11.8 Å². The molecule has 0 radical (unpaired) electrons. The molecule has 0 bridgehead atoms. The smallest absolute Gasteiger partial charge is 0.328 e. The number of rotatable bonds is 13. The summed E-state index contributed by atoms with van der Waals surface area (Å²) >= 11 is 3.29. The zero-order valence-electron chi connectivity index (χ0n) is 31.5. The third-order valence-electron chi connectivity index (χ3n) is 11.3. The Labute approximate surface area is 322 Å². The second-order valence-electron chi connectivity index (χ2n) is 14.9. The molecule has 292 valence electrons. The number of thioether (sulfide) groups is 2. The molecule has 2 N–H and O–H groups in total. The molecule has 8 unspecified atom stereocenters. The number of benzene rings is 1. The van der Waals surface area contributed by atoms with Gasteiger partial charge in [-0.25, -0.2) is 9.59 Å². The molecule has 4 heterocycles. The highest BCUT2D eigenvalue weighted by Crippen LogP contribution is 2.44. The number of carbonyl (C=O) groups is 6. The fraction of sp³-hybridized carbons (Fsp3) is 0.692. The molecule has 53 heavy (non-hydrogen) atoms. The van der Waals surface area contributed by atoms with E-state index in [9.17, 15) is 28.8 Å². The van der Waals surface area contributed by atoms with Crippen molar-refractivity contribution in [1.29, 1.82) is 0 Å². The SMILES string of the molecule is CCCC(CCC(Cc1ccccc1)C(=O)NC1CCSC2(C)CCCC(C(=O)OC)N2C1=O)C(=O)NC1CCSC2CCCC(C(=O)OC)N2C1=O. The minimum Gasteiger partial charge on any atom is -0.467 e. The lowest BCUT2D eigenvalue weighted by atomic mass is 9.87. The predicted octanol–water partition coefficient (Wildman–Crippen LogP) is 4.44. The minimum absolute atomic E-state index is 0.125. The largest absolute Gasteiger partial charge is 0.467 e. The molecule has 0 aromatic heterocycles. The molecule has 14 heteroatoms. The maximum Gasteiger partial charge on any atom is 0.328 e. The zero-order chi connectivity index (χ0) is 38.1. The van der Waals surface area contributed by atoms with E-state index in [0.29, 0.717) is 62.9 Å². The maximum atomic E-state index is 14.2. The van der Waals surface area contributed by atoms with Gasteiger partial charge in [-0.05, 0) is 101 Å². The number of amides is 4. The molecule has 12 nitrogen and oxygen atoms in total. The van der Waals surface area contributed by atoms with E-state index in [0.717, 1.165) is 37.7 Å². The summed E-state index contributed by atoms with van der Waals surface area (Å²) in [5.41, 5.74) is 0.971. The normalized spacial score (nSPS) is 28.6. The van der Waals surface area contributed by atoms with Crippen LogP contribution in [0.5, 0.6) is 0 Å². The van der Waals surface area contributed by atoms with Gasteiger partial charge in [0.2, 0.25) is 23.6 Å². The molecule has 4 aliphatic rings. The van der Waals surface area contributed by atoms with Crippen molar-refractivity contribution in [1.82, 2.24) is 20.4 Å². The van der Waals surface area contributed by atoms with Crippen LogP contribution in [0, 0.1) is 11.8 Å². The summed E-state index contributed by atoms with van der Waals surface area (Å²) in [5.74, 6) is -1.50. The van der Waals surface area contributed by atoms with Crippen LogP contribution in [0.4, 0.5) is 0 Å². The van der Waals surface area contributed by atoms with E-state index in [-0.39, 0.29) is 29.0 Å². The van der Waals surface area contributed by atoms with E-state index < -0.39 is 52.8 Å². The van der Waals surface area contributed by atoms with Crippen LogP contribution in [0.3, 0.4) is 0 Å². The predicted molar refractivity (Wildman–Crippen MR) is 204 cm³/mol. The summed E-state index contributed by atoms with van der Waals surface area (Å²) in [4.78, 5) is 84.4. The number of piperidine rings is 2. The number of carbonyl (C=O) groups excluding carboxylic acids is 6. The van der Waals surface area contributed by atoms with E-state index in [1.807, 2.05) is 44.2 Å². The number of nitrogens with zero attached hydrogens (tertiary/aromatic N) is 2. The first-order chi connectivity index (χ1) is 25.5. The Hall–Kier alpha value is -3.26. The van der Waals surface area contributed by atoms with Gasteiger partial charge in [-0.1, -0.05) is 43.7 Å². The van der Waals surface area contributed by atoms with Crippen LogP contribution in [0.1, 0.15) is 96.5 Å². The highest BCUT2D eigenvalue weighted by atomic mass is 32.2. The van der Waals surface area contributed by atoms with Gasteiger partial charge in [-0.2, -0.15) is 0 Å². The van der Waals surface area contributed by atoms with Crippen molar-refractivity contribution >= 4 is 59.1 Å². The van der Waals surface area contributed by atoms with Crippen molar-refractivity contribution in [3.05, 3.63) is 35.9 Å². The number of ether oxygens (including phenoxy) is 2. The Bertz CT molecular complexity index is 1480. The first kappa shape index (κ1) is 40.9. The molecular formula is C39H56N4O8S2. The first-order valence-corrected chi connectivity index (χ1v) is 21.3. The van der Waals surface area contributed by atoms with E-state index in [2.05, 4.69) is 10.6 Å². The summed E-state index contributed by atoms with van der Waals surface area (Å²) in [6.45, 7) is 4.00. The van der Waals surface area contributed by atoms with Gasteiger partial charge in [0.1, 0.15) is 24.2 Å². The van der Waals surface area contributed by atoms with Gasteiger partial charge < -0.3 is 29.9 Å². The summed E-state index contributed by atoms with van der Waals surface area (Å²) < 4.78 is 10.1. The van der Waals surface area contributed by atoms with Crippen LogP contribution >= 0.6 is 23.5 Å². The van der Waals surface area contributed by atoms with E-state index >= 15 is 0 Å². The fourth-order valence-electron chi connectivity index (χ4n) is 8.42. The lowest BCUT2D eigenvalue weighted by Crippen LogP contribution is -2.62. The monoisotopic (exact) mass is 772 g/mol. The van der Waals surface area contributed by atoms with Crippen LogP contribution in [-0.2, 0) is 44.7 Å². The van der Waals surface area contributed by atoms with Crippen molar-refractivity contribution in [2.75, 3.05) is 25.7 Å². The van der Waals surface area contributed by atoms with Crippen LogP contribution in [-0.4, -0.2) is 106 Å². The quantitative estimate of drug-likeness (QED) is 0.276. The molecule has 1 aromatic carbocycles. The topological polar surface area (TPSA) is 151 Å². The molecule has 0 aliphatic carbocycles. The van der Waals surface area contributed by atoms with Crippen molar-refractivity contribution < 1.29 is 38.2 Å². The van der Waals surface area contributed by atoms with Crippen molar-refractivity contribution in [3.8, 4) is 0 Å². The second kappa shape index (κ2) is 18.9. The van der Waals surface area contributed by atoms with Crippen LogP contribution in [0.2, 0.25) is 0 Å². The Morgan fingerprint density at radius 3 is 2.13 bits per heavy atom. The average Bonchev–Trinajstić information content (AvgIpc) is 3.40. The number of nitrogens with one attached hydrogen (secondary N) is 2. The fourth-order valence-corrected chi connectivity index (χ4v) is 11.3. The maximum absolute atomic E-state index is 14.2. The number of fused-ring (bicyclic) bond motifs is 2. The van der Waals surface area contributed by atoms with Crippen LogP contribution in [0.25, 0.3) is 0 Å². The van der Waals surface area contributed by atoms with Gasteiger partial charge in [-0.3, -0.25) is 19.2 Å². The van der Waals surface area contributed by atoms with E-state index in [1.165, 1.54) is 14.2 Å². The molecule has 5 rings (SSSR count). The van der Waals surface area contributed by atoms with Gasteiger partial charge >= 0.3 is 11.9 Å². The standard InChI is InChI=1S/C39H56N4O8S2/c1-5-11-26(33(44)40-28-19-22-52-32-16-9-14-30(37(48)50-3)42(32)35(28)46)17-18-27(24-25-12-7-6-8-13-25)34(45)41-29-20-23-53-39(2)21-10-15-31(38(49)51-4)43(39)36(29)47/h6-8,12-13,26-32H,5,9-11,14-24H2,1-4H3,(H,40,44)(H,41,45). The van der Waals surface area contributed by atoms with Gasteiger partial charge in [0.15, 0.2) is 0 Å². The number of hydrogen-bond donors (Lipinski definition) is 2. The molecule has 8 atom stereocenters. The van der Waals surface area contributed by atoms with Gasteiger partial charge in [0.05, 0.1) is 24.5 Å². The lowest BCUT2D eigenvalue weighted by molar-refractivity contribution is -0.159. The summed E-state index contributed by atoms with van der Waals surface area (Å²) in [5, 5.41) is 6.00. The summed E-state index contributed by atoms with van der Waals surface area (Å²) in [7, 11) is 2.67. The second-order valence-corrected chi connectivity index (χ2v) is 17.7. The molecular weight excluding hydrogens is 717 g/mol. The average molecular weight is 773 g/mol. The molecule has 4 saturated heterocycles. The Morgan fingerprint density at radius 1 is 0.811 bits per heavy atom. The molecule has 4 aliphatic heterocycles.